The van der Waals surface area contributed by atoms with E-state index in [-0.39, 0.29) is 5.91 Å². The van der Waals surface area contributed by atoms with E-state index < -0.39 is 0 Å². The molecule has 120 valence electrons. The fourth-order valence-corrected chi connectivity index (χ4v) is 4.46. The zero-order valence-corrected chi connectivity index (χ0v) is 13.8. The third kappa shape index (κ3) is 3.01. The van der Waals surface area contributed by atoms with Crippen molar-refractivity contribution in [3.05, 3.63) is 35.6 Å². The van der Waals surface area contributed by atoms with Gasteiger partial charge in [-0.1, -0.05) is 0 Å². The number of rotatable bonds is 3. The van der Waals surface area contributed by atoms with Crippen molar-refractivity contribution >= 4 is 17.2 Å². The zero-order chi connectivity index (χ0) is 15.6. The summed E-state index contributed by atoms with van der Waals surface area (Å²) in [6, 6.07) is 4.69. The SMILES string of the molecule is O=C(Cc1csc(-c2cccnc2)n1)N1C2CCNCC1CC2. The summed E-state index contributed by atoms with van der Waals surface area (Å²) in [7, 11) is 0. The summed E-state index contributed by atoms with van der Waals surface area (Å²) in [6.45, 7) is 1.95. The van der Waals surface area contributed by atoms with Crippen molar-refractivity contribution < 1.29 is 4.79 Å². The number of hydrogen-bond acceptors (Lipinski definition) is 5. The van der Waals surface area contributed by atoms with Crippen LogP contribution in [0, 0.1) is 0 Å². The van der Waals surface area contributed by atoms with E-state index in [1.807, 2.05) is 23.7 Å². The molecule has 2 atom stereocenters. The monoisotopic (exact) mass is 328 g/mol. The molecule has 2 aromatic rings. The van der Waals surface area contributed by atoms with Gasteiger partial charge in [0.1, 0.15) is 5.01 Å². The van der Waals surface area contributed by atoms with E-state index in [0.29, 0.717) is 18.5 Å². The van der Waals surface area contributed by atoms with Gasteiger partial charge < -0.3 is 10.2 Å². The lowest BCUT2D eigenvalue weighted by atomic mass is 10.1. The molecular formula is C17H20N4OS. The van der Waals surface area contributed by atoms with Gasteiger partial charge in [-0.15, -0.1) is 11.3 Å². The molecule has 2 unspecified atom stereocenters. The molecule has 1 N–H and O–H groups in total. The molecule has 2 aromatic heterocycles. The Balaban J connectivity index is 1.48. The maximum Gasteiger partial charge on any atom is 0.229 e. The molecule has 23 heavy (non-hydrogen) atoms. The lowest BCUT2D eigenvalue weighted by molar-refractivity contribution is -0.133. The Kier molecular flexibility index (Phi) is 4.10. The summed E-state index contributed by atoms with van der Waals surface area (Å²) in [5.74, 6) is 0.226. The molecule has 5 nitrogen and oxygen atoms in total. The Bertz CT molecular complexity index is 673. The summed E-state index contributed by atoms with van der Waals surface area (Å²) < 4.78 is 0. The molecule has 4 heterocycles. The Hall–Kier alpha value is -1.79. The molecule has 2 saturated heterocycles. The summed E-state index contributed by atoms with van der Waals surface area (Å²) in [4.78, 5) is 23.7. The first-order valence-electron chi connectivity index (χ1n) is 8.18. The number of thiazole rings is 1. The van der Waals surface area contributed by atoms with E-state index in [9.17, 15) is 4.79 Å². The van der Waals surface area contributed by atoms with E-state index in [1.54, 1.807) is 17.5 Å². The summed E-state index contributed by atoms with van der Waals surface area (Å²) in [5.41, 5.74) is 1.88. The number of amides is 1. The third-order valence-electron chi connectivity index (χ3n) is 4.73. The Morgan fingerprint density at radius 2 is 2.26 bits per heavy atom. The van der Waals surface area contributed by atoms with Crippen molar-refractivity contribution in [2.75, 3.05) is 13.1 Å². The Morgan fingerprint density at radius 3 is 3.13 bits per heavy atom. The van der Waals surface area contributed by atoms with E-state index in [1.165, 1.54) is 0 Å². The molecule has 6 heteroatoms. The van der Waals surface area contributed by atoms with Crippen LogP contribution in [0.2, 0.25) is 0 Å². The maximum atomic E-state index is 12.8. The minimum atomic E-state index is 0.226. The number of aromatic nitrogens is 2. The lowest BCUT2D eigenvalue weighted by Gasteiger charge is -2.27. The molecular weight excluding hydrogens is 308 g/mol. The van der Waals surface area contributed by atoms with E-state index in [2.05, 4.69) is 20.2 Å². The normalized spacial score (nSPS) is 23.7. The maximum absolute atomic E-state index is 12.8. The van der Waals surface area contributed by atoms with Gasteiger partial charge in [0.25, 0.3) is 0 Å². The number of nitrogens with zero attached hydrogens (tertiary/aromatic N) is 3. The van der Waals surface area contributed by atoms with Gasteiger partial charge in [0.2, 0.25) is 5.91 Å². The van der Waals surface area contributed by atoms with Gasteiger partial charge in [0.05, 0.1) is 12.1 Å². The highest BCUT2D eigenvalue weighted by molar-refractivity contribution is 7.13. The lowest BCUT2D eigenvalue weighted by Crippen LogP contribution is -2.43. The van der Waals surface area contributed by atoms with Crippen molar-refractivity contribution in [1.82, 2.24) is 20.2 Å². The second-order valence-electron chi connectivity index (χ2n) is 6.24. The average Bonchev–Trinajstić information content (AvgIpc) is 3.11. The van der Waals surface area contributed by atoms with Crippen molar-refractivity contribution in [1.29, 1.82) is 0 Å². The van der Waals surface area contributed by atoms with Gasteiger partial charge in [0, 0.05) is 42.0 Å². The van der Waals surface area contributed by atoms with Gasteiger partial charge in [-0.3, -0.25) is 9.78 Å². The fourth-order valence-electron chi connectivity index (χ4n) is 3.65. The highest BCUT2D eigenvalue weighted by Crippen LogP contribution is 2.29. The second-order valence-corrected chi connectivity index (χ2v) is 7.10. The molecule has 0 aliphatic carbocycles. The topological polar surface area (TPSA) is 58.1 Å². The summed E-state index contributed by atoms with van der Waals surface area (Å²) in [6.07, 6.45) is 7.32. The zero-order valence-electron chi connectivity index (χ0n) is 12.9. The highest BCUT2D eigenvalue weighted by Gasteiger charge is 2.37. The highest BCUT2D eigenvalue weighted by atomic mass is 32.1. The van der Waals surface area contributed by atoms with Gasteiger partial charge in [-0.05, 0) is 37.9 Å². The quantitative estimate of drug-likeness (QED) is 0.937. The second kappa shape index (κ2) is 6.37. The van der Waals surface area contributed by atoms with Crippen LogP contribution in [0.15, 0.2) is 29.9 Å². The summed E-state index contributed by atoms with van der Waals surface area (Å²) >= 11 is 1.58. The predicted octanol–water partition coefficient (Wildman–Crippen LogP) is 2.10. The van der Waals surface area contributed by atoms with Crippen LogP contribution in [0.1, 0.15) is 25.0 Å². The van der Waals surface area contributed by atoms with Crippen LogP contribution in [-0.2, 0) is 11.2 Å². The Morgan fingerprint density at radius 1 is 1.35 bits per heavy atom. The predicted molar refractivity (Wildman–Crippen MR) is 90.2 cm³/mol. The minimum absolute atomic E-state index is 0.226. The van der Waals surface area contributed by atoms with Gasteiger partial charge in [0.15, 0.2) is 0 Å². The largest absolute Gasteiger partial charge is 0.335 e. The van der Waals surface area contributed by atoms with Crippen LogP contribution in [0.4, 0.5) is 0 Å². The molecule has 0 saturated carbocycles. The summed E-state index contributed by atoms with van der Waals surface area (Å²) in [5, 5.41) is 6.37. The first-order chi connectivity index (χ1) is 11.3. The van der Waals surface area contributed by atoms with Crippen LogP contribution >= 0.6 is 11.3 Å². The molecule has 1 amide bonds. The smallest absolute Gasteiger partial charge is 0.229 e. The number of nitrogens with one attached hydrogen (secondary N) is 1. The fraction of sp³-hybridized carbons (Fsp3) is 0.471. The molecule has 4 rings (SSSR count). The van der Waals surface area contributed by atoms with Crippen LogP contribution in [0.25, 0.3) is 10.6 Å². The van der Waals surface area contributed by atoms with Crippen molar-refractivity contribution in [2.24, 2.45) is 0 Å². The Labute approximate surface area is 139 Å². The van der Waals surface area contributed by atoms with Gasteiger partial charge in [-0.2, -0.15) is 0 Å². The van der Waals surface area contributed by atoms with Gasteiger partial charge in [-0.25, -0.2) is 4.98 Å². The minimum Gasteiger partial charge on any atom is -0.335 e. The number of pyridine rings is 1. The van der Waals surface area contributed by atoms with Gasteiger partial charge >= 0.3 is 0 Å². The number of hydrogen-bond donors (Lipinski definition) is 1. The van der Waals surface area contributed by atoms with Crippen molar-refractivity contribution in [2.45, 2.75) is 37.8 Å². The number of carbonyl (C=O) groups excluding carboxylic acids is 1. The molecule has 0 aromatic carbocycles. The van der Waals surface area contributed by atoms with Crippen LogP contribution in [0.5, 0.6) is 0 Å². The number of carbonyl (C=O) groups is 1. The molecule has 0 radical (unpaired) electrons. The molecule has 2 bridgehead atoms. The van der Waals surface area contributed by atoms with Crippen LogP contribution in [-0.4, -0.2) is 45.9 Å². The van der Waals surface area contributed by atoms with Crippen molar-refractivity contribution in [3.8, 4) is 10.6 Å². The number of fused-ring (bicyclic) bond motifs is 2. The molecule has 2 fully saturated rings. The van der Waals surface area contributed by atoms with Crippen LogP contribution in [0.3, 0.4) is 0 Å². The average molecular weight is 328 g/mol. The first-order valence-corrected chi connectivity index (χ1v) is 9.06. The standard InChI is InChI=1S/C17H20N4OS/c22-16(21-14-3-4-15(21)10-19-7-5-14)8-13-11-23-17(20-13)12-2-1-6-18-9-12/h1-2,6,9,11,14-15,19H,3-5,7-8,10H2. The first kappa shape index (κ1) is 14.8. The molecule has 2 aliphatic heterocycles. The third-order valence-corrected chi connectivity index (χ3v) is 5.67. The molecule has 2 aliphatic rings. The van der Waals surface area contributed by atoms with E-state index in [0.717, 1.165) is 48.6 Å². The molecule has 0 spiro atoms. The van der Waals surface area contributed by atoms with E-state index >= 15 is 0 Å². The van der Waals surface area contributed by atoms with Crippen LogP contribution < -0.4 is 5.32 Å². The van der Waals surface area contributed by atoms with E-state index in [4.69, 9.17) is 0 Å². The van der Waals surface area contributed by atoms with Crippen molar-refractivity contribution in [3.63, 3.8) is 0 Å².